The number of aromatic nitrogens is 1. The highest BCUT2D eigenvalue weighted by molar-refractivity contribution is 6.11. The first-order valence-corrected chi connectivity index (χ1v) is 18.3. The molecule has 55 heavy (non-hydrogen) atoms. The van der Waals surface area contributed by atoms with Crippen molar-refractivity contribution in [1.29, 1.82) is 0 Å². The molecule has 266 valence electrons. The molecule has 0 unspecified atom stereocenters. The van der Waals surface area contributed by atoms with Crippen molar-refractivity contribution in [3.05, 3.63) is 218 Å². The molecule has 1 aromatic heterocycles. The Morgan fingerprint density at radius 1 is 0.655 bits per heavy atom. The molecule has 0 aliphatic carbocycles. The van der Waals surface area contributed by atoms with E-state index < -0.39 is 0 Å². The number of nitrogen functional groups attached to an aromatic ring is 1. The van der Waals surface area contributed by atoms with Gasteiger partial charge >= 0.3 is 0 Å². The summed E-state index contributed by atoms with van der Waals surface area (Å²) in [6.07, 6.45) is 11.6. The smallest absolute Gasteiger partial charge is 0.108 e. The molecular formula is C51H41N3O. The van der Waals surface area contributed by atoms with Crippen molar-refractivity contribution in [3.8, 4) is 16.8 Å². The number of aliphatic hydroxyl groups is 1. The van der Waals surface area contributed by atoms with Gasteiger partial charge in [-0.25, -0.2) is 0 Å². The van der Waals surface area contributed by atoms with E-state index in [1.807, 2.05) is 36.4 Å². The second-order valence-corrected chi connectivity index (χ2v) is 13.7. The number of para-hydroxylation sites is 2. The minimum atomic E-state index is -0.00779. The third kappa shape index (κ3) is 6.97. The van der Waals surface area contributed by atoms with Crippen LogP contribution in [-0.2, 0) is 0 Å². The normalized spacial score (nSPS) is 13.6. The highest BCUT2D eigenvalue weighted by Gasteiger charge is 2.17. The highest BCUT2D eigenvalue weighted by atomic mass is 16.3. The predicted molar refractivity (Wildman–Crippen MR) is 236 cm³/mol. The van der Waals surface area contributed by atoms with Gasteiger partial charge < -0.3 is 20.3 Å². The van der Waals surface area contributed by atoms with Crippen molar-refractivity contribution >= 4 is 61.3 Å². The van der Waals surface area contributed by atoms with Gasteiger partial charge in [-0.15, -0.1) is 0 Å². The van der Waals surface area contributed by atoms with Crippen LogP contribution in [0.2, 0.25) is 0 Å². The number of benzene rings is 7. The molecule has 0 saturated carbocycles. The lowest BCUT2D eigenvalue weighted by molar-refractivity contribution is 0.436. The van der Waals surface area contributed by atoms with E-state index in [0.717, 1.165) is 66.7 Å². The van der Waals surface area contributed by atoms with E-state index in [-0.39, 0.29) is 5.76 Å². The molecule has 0 spiro atoms. The van der Waals surface area contributed by atoms with Crippen molar-refractivity contribution < 1.29 is 5.11 Å². The zero-order valence-electron chi connectivity index (χ0n) is 30.7. The third-order valence-electron chi connectivity index (χ3n) is 10.0. The summed E-state index contributed by atoms with van der Waals surface area (Å²) in [5.41, 5.74) is 19.2. The minimum absolute atomic E-state index is 0.00779. The molecule has 2 heterocycles. The van der Waals surface area contributed by atoms with E-state index in [4.69, 9.17) is 5.73 Å². The van der Waals surface area contributed by atoms with Gasteiger partial charge in [0.1, 0.15) is 5.76 Å². The number of hydrogen-bond acceptors (Lipinski definition) is 3. The zero-order chi connectivity index (χ0) is 37.9. The number of allylic oxidation sites excluding steroid dienone is 5. The van der Waals surface area contributed by atoms with Crippen LogP contribution in [0.25, 0.3) is 61.0 Å². The standard InChI is InChI=1S/C44H33N3O.C7H8/c1-29-10-8-9-25-46(35-11-4-3-5-12-35)41-23-19-32(27-39(29)41)33-20-24-43-40(28-33)38-13-6-7-14-42(38)47(43)36-21-22-37-34(26-36)18-17-31(44(37)45)16-15-30(2)48;1-7-5-3-2-4-6-7/h3-28,48H,1-2,45H2;2-6H,1H3/b10-8-,16-15-,25-9-;. The van der Waals surface area contributed by atoms with Gasteiger partial charge in [0.2, 0.25) is 0 Å². The molecule has 0 bridgehead atoms. The maximum absolute atomic E-state index is 9.51. The average Bonchev–Trinajstić information content (AvgIpc) is 3.54. The monoisotopic (exact) mass is 711 g/mol. The average molecular weight is 712 g/mol. The van der Waals surface area contributed by atoms with Crippen molar-refractivity contribution in [1.82, 2.24) is 4.57 Å². The fourth-order valence-corrected chi connectivity index (χ4v) is 7.27. The van der Waals surface area contributed by atoms with Gasteiger partial charge in [0.15, 0.2) is 0 Å². The summed E-state index contributed by atoms with van der Waals surface area (Å²) < 4.78 is 2.32. The summed E-state index contributed by atoms with van der Waals surface area (Å²) in [6.45, 7) is 10.0. The number of nitrogens with two attached hydrogens (primary N) is 1. The van der Waals surface area contributed by atoms with Crippen molar-refractivity contribution in [2.45, 2.75) is 6.92 Å². The lowest BCUT2D eigenvalue weighted by Crippen LogP contribution is -2.11. The molecule has 4 heteroatoms. The second kappa shape index (κ2) is 15.0. The van der Waals surface area contributed by atoms with E-state index in [0.29, 0.717) is 5.69 Å². The van der Waals surface area contributed by atoms with Gasteiger partial charge in [-0.3, -0.25) is 0 Å². The van der Waals surface area contributed by atoms with Crippen LogP contribution in [-0.4, -0.2) is 9.67 Å². The second-order valence-electron chi connectivity index (χ2n) is 13.7. The van der Waals surface area contributed by atoms with E-state index in [2.05, 4.69) is 169 Å². The van der Waals surface area contributed by atoms with E-state index >= 15 is 0 Å². The van der Waals surface area contributed by atoms with Crippen LogP contribution < -0.4 is 10.6 Å². The van der Waals surface area contributed by atoms with Crippen molar-refractivity contribution in [2.75, 3.05) is 10.6 Å². The number of fused-ring (bicyclic) bond motifs is 5. The lowest BCUT2D eigenvalue weighted by Gasteiger charge is -2.25. The molecule has 0 saturated heterocycles. The first kappa shape index (κ1) is 34.8. The lowest BCUT2D eigenvalue weighted by atomic mass is 9.95. The first-order valence-electron chi connectivity index (χ1n) is 18.3. The quantitative estimate of drug-likeness (QED) is 0.106. The summed E-state index contributed by atoms with van der Waals surface area (Å²) in [6, 6.07) is 53.0. The maximum Gasteiger partial charge on any atom is 0.108 e. The van der Waals surface area contributed by atoms with Crippen LogP contribution in [0.15, 0.2) is 201 Å². The highest BCUT2D eigenvalue weighted by Crippen LogP contribution is 2.40. The minimum Gasteiger partial charge on any atom is -0.509 e. The van der Waals surface area contributed by atoms with Gasteiger partial charge in [-0.2, -0.15) is 0 Å². The molecule has 0 radical (unpaired) electrons. The predicted octanol–water partition coefficient (Wildman–Crippen LogP) is 13.5. The number of rotatable bonds is 5. The van der Waals surface area contributed by atoms with Gasteiger partial charge in [0.25, 0.3) is 0 Å². The molecule has 8 aromatic rings. The molecule has 1 aliphatic rings. The Hall–Kier alpha value is -7.30. The molecule has 1 aliphatic heterocycles. The third-order valence-corrected chi connectivity index (χ3v) is 10.0. The number of aliphatic hydroxyl groups excluding tert-OH is 1. The van der Waals surface area contributed by atoms with Gasteiger partial charge in [0, 0.05) is 45.0 Å². The summed E-state index contributed by atoms with van der Waals surface area (Å²) in [5, 5.41) is 13.9. The number of anilines is 3. The summed E-state index contributed by atoms with van der Waals surface area (Å²) >= 11 is 0. The Balaban J connectivity index is 0.000000551. The fraction of sp³-hybridized carbons (Fsp3) is 0.0196. The molecule has 9 rings (SSSR count). The van der Waals surface area contributed by atoms with Gasteiger partial charge in [-0.05, 0) is 107 Å². The largest absolute Gasteiger partial charge is 0.509 e. The summed E-state index contributed by atoms with van der Waals surface area (Å²) in [4.78, 5) is 2.21. The number of hydrogen-bond donors (Lipinski definition) is 2. The van der Waals surface area contributed by atoms with E-state index in [1.165, 1.54) is 16.3 Å². The SMILES string of the molecule is C=C(O)/C=C\c1ccc2cc(-n3c4ccccc4c4cc(-c5ccc6c(c5)C(=C)/C=C\C=C/N6c5ccccc5)ccc43)ccc2c1N.Cc1ccccc1. The van der Waals surface area contributed by atoms with Gasteiger partial charge in [-0.1, -0.05) is 128 Å². The van der Waals surface area contributed by atoms with E-state index in [1.54, 1.807) is 12.2 Å². The Morgan fingerprint density at radius 3 is 2.13 bits per heavy atom. The van der Waals surface area contributed by atoms with Crippen LogP contribution in [0.3, 0.4) is 0 Å². The van der Waals surface area contributed by atoms with Crippen LogP contribution in [0, 0.1) is 6.92 Å². The Bertz CT molecular complexity index is 2820. The molecule has 0 fully saturated rings. The molecule has 7 aromatic carbocycles. The van der Waals surface area contributed by atoms with Crippen LogP contribution in [0.5, 0.6) is 0 Å². The topological polar surface area (TPSA) is 54.4 Å². The van der Waals surface area contributed by atoms with Crippen LogP contribution in [0.1, 0.15) is 16.7 Å². The Labute approximate surface area is 322 Å². The maximum atomic E-state index is 9.51. The number of aryl methyl sites for hydroxylation is 1. The fourth-order valence-electron chi connectivity index (χ4n) is 7.27. The van der Waals surface area contributed by atoms with Crippen LogP contribution in [0.4, 0.5) is 17.1 Å². The van der Waals surface area contributed by atoms with Gasteiger partial charge in [0.05, 0.1) is 16.7 Å². The summed E-state index contributed by atoms with van der Waals surface area (Å²) in [5.74, 6) is -0.00779. The molecule has 0 amide bonds. The molecule has 0 atom stereocenters. The first-order chi connectivity index (χ1) is 26.9. The van der Waals surface area contributed by atoms with Crippen molar-refractivity contribution in [3.63, 3.8) is 0 Å². The van der Waals surface area contributed by atoms with E-state index in [9.17, 15) is 5.11 Å². The Kier molecular flexibility index (Phi) is 9.47. The summed E-state index contributed by atoms with van der Waals surface area (Å²) in [7, 11) is 0. The molecule has 4 nitrogen and oxygen atoms in total. The number of nitrogens with zero attached hydrogens (tertiary/aromatic N) is 2. The van der Waals surface area contributed by atoms with Crippen LogP contribution >= 0.6 is 0 Å². The Morgan fingerprint density at radius 2 is 1.36 bits per heavy atom. The molecular weight excluding hydrogens is 671 g/mol. The molecule has 3 N–H and O–H groups in total. The zero-order valence-corrected chi connectivity index (χ0v) is 30.7. The van der Waals surface area contributed by atoms with Crippen molar-refractivity contribution in [2.24, 2.45) is 0 Å².